The number of fused-ring (bicyclic) bond motifs is 2. The number of rotatable bonds is 5. The average molecular weight is 374 g/mol. The highest BCUT2D eigenvalue weighted by Crippen LogP contribution is 2.49. The Morgan fingerprint density at radius 1 is 1.00 bits per heavy atom. The third-order valence-electron chi connectivity index (χ3n) is 4.77. The first kappa shape index (κ1) is 17.7. The molecule has 3 aromatic carbocycles. The van der Waals surface area contributed by atoms with Gasteiger partial charge in [-0.05, 0) is 40.1 Å². The van der Waals surface area contributed by atoms with Crippen LogP contribution in [0.2, 0.25) is 0 Å². The minimum atomic E-state index is -0.150. The SMILES string of the molecule is COc1c(C(=CC=O)c2ccc3ccccc3c2)c(O)c(OC)c2occc12. The molecule has 1 aromatic heterocycles. The van der Waals surface area contributed by atoms with Gasteiger partial charge in [0.25, 0.3) is 0 Å². The molecule has 0 aliphatic heterocycles. The number of benzene rings is 3. The van der Waals surface area contributed by atoms with Gasteiger partial charge in [-0.15, -0.1) is 0 Å². The van der Waals surface area contributed by atoms with Gasteiger partial charge in [-0.3, -0.25) is 4.79 Å². The third kappa shape index (κ3) is 2.68. The first-order chi connectivity index (χ1) is 13.7. The summed E-state index contributed by atoms with van der Waals surface area (Å²) in [6, 6.07) is 15.5. The van der Waals surface area contributed by atoms with Crippen LogP contribution in [0.25, 0.3) is 27.3 Å². The molecular formula is C23H18O5. The zero-order valence-electron chi connectivity index (χ0n) is 15.4. The summed E-state index contributed by atoms with van der Waals surface area (Å²) in [6.45, 7) is 0. The van der Waals surface area contributed by atoms with Crippen LogP contribution in [0.3, 0.4) is 0 Å². The Morgan fingerprint density at radius 3 is 2.46 bits per heavy atom. The molecule has 0 spiro atoms. The molecule has 5 nitrogen and oxygen atoms in total. The number of aldehydes is 1. The van der Waals surface area contributed by atoms with Gasteiger partial charge in [-0.1, -0.05) is 36.4 Å². The summed E-state index contributed by atoms with van der Waals surface area (Å²) >= 11 is 0. The van der Waals surface area contributed by atoms with Gasteiger partial charge in [-0.25, -0.2) is 0 Å². The maximum absolute atomic E-state index is 11.5. The molecule has 0 saturated carbocycles. The molecule has 1 N–H and O–H groups in total. The lowest BCUT2D eigenvalue weighted by atomic mass is 9.92. The topological polar surface area (TPSA) is 68.9 Å². The van der Waals surface area contributed by atoms with E-state index in [1.54, 1.807) is 6.07 Å². The molecule has 5 heteroatoms. The zero-order chi connectivity index (χ0) is 19.7. The molecule has 0 atom stereocenters. The Morgan fingerprint density at radius 2 is 1.75 bits per heavy atom. The van der Waals surface area contributed by atoms with Gasteiger partial charge in [0.15, 0.2) is 11.3 Å². The fraction of sp³-hybridized carbons (Fsp3) is 0.0870. The molecule has 0 aliphatic rings. The summed E-state index contributed by atoms with van der Waals surface area (Å²) in [5.74, 6) is 0.444. The summed E-state index contributed by atoms with van der Waals surface area (Å²) in [5.41, 5.74) is 2.04. The van der Waals surface area contributed by atoms with Crippen LogP contribution in [0.5, 0.6) is 17.2 Å². The fourth-order valence-electron chi connectivity index (χ4n) is 3.53. The summed E-state index contributed by atoms with van der Waals surface area (Å²) in [6.07, 6.45) is 3.60. The number of furan rings is 1. The van der Waals surface area contributed by atoms with Crippen LogP contribution in [-0.4, -0.2) is 25.6 Å². The zero-order valence-corrected chi connectivity index (χ0v) is 15.4. The first-order valence-corrected chi connectivity index (χ1v) is 8.68. The smallest absolute Gasteiger partial charge is 0.205 e. The van der Waals surface area contributed by atoms with Crippen LogP contribution in [0.4, 0.5) is 0 Å². The molecule has 1 heterocycles. The molecule has 0 saturated heterocycles. The van der Waals surface area contributed by atoms with E-state index in [-0.39, 0.29) is 11.5 Å². The standard InChI is InChI=1S/C23H18O5/c1-26-21-18-10-12-28-22(18)23(27-2)20(25)19(21)17(9-11-24)16-8-7-14-5-3-4-6-15(14)13-16/h3-13,25H,1-2H3. The molecule has 0 fully saturated rings. The first-order valence-electron chi connectivity index (χ1n) is 8.68. The monoisotopic (exact) mass is 374 g/mol. The number of hydrogen-bond acceptors (Lipinski definition) is 5. The van der Waals surface area contributed by atoms with E-state index in [2.05, 4.69) is 0 Å². The van der Waals surface area contributed by atoms with Crippen molar-refractivity contribution in [2.45, 2.75) is 0 Å². The van der Waals surface area contributed by atoms with Gasteiger partial charge in [0.05, 0.1) is 31.4 Å². The van der Waals surface area contributed by atoms with Crippen LogP contribution < -0.4 is 9.47 Å². The van der Waals surface area contributed by atoms with E-state index >= 15 is 0 Å². The maximum atomic E-state index is 11.5. The van der Waals surface area contributed by atoms with Crippen molar-refractivity contribution < 1.29 is 23.8 Å². The van der Waals surface area contributed by atoms with Crippen molar-refractivity contribution >= 4 is 33.6 Å². The van der Waals surface area contributed by atoms with Crippen LogP contribution in [0, 0.1) is 0 Å². The van der Waals surface area contributed by atoms with Crippen LogP contribution in [0.1, 0.15) is 11.1 Å². The van der Waals surface area contributed by atoms with Crippen molar-refractivity contribution in [3.05, 3.63) is 72.0 Å². The van der Waals surface area contributed by atoms with E-state index in [0.717, 1.165) is 16.3 Å². The van der Waals surface area contributed by atoms with Crippen LogP contribution >= 0.6 is 0 Å². The number of carbonyl (C=O) groups is 1. The predicted octanol–water partition coefficient (Wildman–Crippen LogP) is 4.94. The second-order valence-corrected chi connectivity index (χ2v) is 6.23. The Hall–Kier alpha value is -3.73. The molecule has 0 aliphatic carbocycles. The number of hydrogen-bond donors (Lipinski definition) is 1. The number of allylic oxidation sites excluding steroid dienone is 1. The highest BCUT2D eigenvalue weighted by molar-refractivity contribution is 6.03. The van der Waals surface area contributed by atoms with E-state index in [4.69, 9.17) is 13.9 Å². The maximum Gasteiger partial charge on any atom is 0.205 e. The van der Waals surface area contributed by atoms with Gasteiger partial charge in [0, 0.05) is 0 Å². The Labute approximate surface area is 161 Å². The summed E-state index contributed by atoms with van der Waals surface area (Å²) in [5, 5.41) is 13.7. The van der Waals surface area contributed by atoms with E-state index in [0.29, 0.717) is 34.1 Å². The third-order valence-corrected chi connectivity index (χ3v) is 4.77. The van der Waals surface area contributed by atoms with Gasteiger partial charge < -0.3 is 19.0 Å². The number of methoxy groups -OCH3 is 2. The number of ether oxygens (including phenoxy) is 2. The quantitative estimate of drug-likeness (QED) is 0.396. The summed E-state index contributed by atoms with van der Waals surface area (Å²) in [4.78, 5) is 11.5. The van der Waals surface area contributed by atoms with Crippen molar-refractivity contribution in [2.24, 2.45) is 0 Å². The molecule has 28 heavy (non-hydrogen) atoms. The van der Waals surface area contributed by atoms with Gasteiger partial charge in [0.1, 0.15) is 12.0 Å². The number of phenolic OH excluding ortho intramolecular Hbond substituents is 1. The number of carbonyl (C=O) groups excluding carboxylic acids is 1. The molecular weight excluding hydrogens is 356 g/mol. The van der Waals surface area contributed by atoms with E-state index in [1.807, 2.05) is 42.5 Å². The Balaban J connectivity index is 2.05. The largest absolute Gasteiger partial charge is 0.504 e. The summed E-state index contributed by atoms with van der Waals surface area (Å²) in [7, 11) is 2.96. The van der Waals surface area contributed by atoms with Crippen molar-refractivity contribution in [3.63, 3.8) is 0 Å². The van der Waals surface area contributed by atoms with Crippen molar-refractivity contribution in [2.75, 3.05) is 14.2 Å². The van der Waals surface area contributed by atoms with E-state index < -0.39 is 0 Å². The lowest BCUT2D eigenvalue weighted by molar-refractivity contribution is -0.104. The van der Waals surface area contributed by atoms with E-state index in [9.17, 15) is 9.90 Å². The van der Waals surface area contributed by atoms with Crippen LogP contribution in [0.15, 0.2) is 65.3 Å². The second-order valence-electron chi connectivity index (χ2n) is 6.23. The van der Waals surface area contributed by atoms with Crippen molar-refractivity contribution in [3.8, 4) is 17.2 Å². The van der Waals surface area contributed by atoms with Crippen molar-refractivity contribution in [1.29, 1.82) is 0 Å². The molecule has 4 aromatic rings. The van der Waals surface area contributed by atoms with Gasteiger partial charge >= 0.3 is 0 Å². The Kier molecular flexibility index (Phi) is 4.49. The predicted molar refractivity (Wildman–Crippen MR) is 108 cm³/mol. The molecule has 0 amide bonds. The Bertz CT molecular complexity index is 1220. The lowest BCUT2D eigenvalue weighted by Gasteiger charge is -2.17. The average Bonchev–Trinajstić information content (AvgIpc) is 3.20. The van der Waals surface area contributed by atoms with Gasteiger partial charge in [0.2, 0.25) is 5.75 Å². The van der Waals surface area contributed by atoms with E-state index in [1.165, 1.54) is 26.6 Å². The van der Waals surface area contributed by atoms with Crippen LogP contribution in [-0.2, 0) is 4.79 Å². The normalized spacial score (nSPS) is 11.7. The van der Waals surface area contributed by atoms with Crippen molar-refractivity contribution in [1.82, 2.24) is 0 Å². The molecule has 0 radical (unpaired) electrons. The molecule has 4 rings (SSSR count). The lowest BCUT2D eigenvalue weighted by Crippen LogP contribution is -1.98. The minimum Gasteiger partial charge on any atom is -0.504 e. The number of phenols is 1. The minimum absolute atomic E-state index is 0.150. The molecule has 0 bridgehead atoms. The second kappa shape index (κ2) is 7.12. The highest BCUT2D eigenvalue weighted by Gasteiger charge is 2.26. The van der Waals surface area contributed by atoms with Gasteiger partial charge in [-0.2, -0.15) is 0 Å². The highest BCUT2D eigenvalue weighted by atomic mass is 16.5. The number of aromatic hydroxyl groups is 1. The fourth-order valence-corrected chi connectivity index (χ4v) is 3.53. The molecule has 0 unspecified atom stereocenters. The summed E-state index contributed by atoms with van der Waals surface area (Å²) < 4.78 is 16.4. The molecule has 140 valence electrons.